The summed E-state index contributed by atoms with van der Waals surface area (Å²) < 4.78 is 39.6. The van der Waals surface area contributed by atoms with Crippen LogP contribution >= 0.6 is 0 Å². The number of carbonyl (C=O) groups is 1. The van der Waals surface area contributed by atoms with Crippen molar-refractivity contribution < 1.29 is 18.0 Å². The maximum atomic E-state index is 13.2. The van der Waals surface area contributed by atoms with Gasteiger partial charge in [0.25, 0.3) is 0 Å². The van der Waals surface area contributed by atoms with Crippen LogP contribution in [-0.2, 0) is 0 Å². The molecular formula is C10H6F3N3O. The largest absolute Gasteiger partial charge is 0.346 e. The quantitative estimate of drug-likeness (QED) is 0.779. The van der Waals surface area contributed by atoms with Gasteiger partial charge >= 0.3 is 6.03 Å². The maximum absolute atomic E-state index is 13.2. The van der Waals surface area contributed by atoms with Crippen LogP contribution in [0.2, 0.25) is 0 Å². The van der Waals surface area contributed by atoms with E-state index in [4.69, 9.17) is 0 Å². The Morgan fingerprint density at radius 3 is 2.65 bits per heavy atom. The van der Waals surface area contributed by atoms with Crippen molar-refractivity contribution >= 4 is 11.7 Å². The number of nitrogens with one attached hydrogen (secondary N) is 1. The highest BCUT2D eigenvalue weighted by atomic mass is 19.2. The summed E-state index contributed by atoms with van der Waals surface area (Å²) in [5.41, 5.74) is -0.454. The fourth-order valence-corrected chi connectivity index (χ4v) is 1.18. The molecule has 1 amide bonds. The minimum Gasteiger partial charge on any atom is -0.303 e. The highest BCUT2D eigenvalue weighted by Crippen LogP contribution is 2.19. The predicted molar refractivity (Wildman–Crippen MR) is 53.0 cm³/mol. The number of hydrogen-bond acceptors (Lipinski definition) is 2. The smallest absolute Gasteiger partial charge is 0.303 e. The molecule has 0 bridgehead atoms. The van der Waals surface area contributed by atoms with E-state index < -0.39 is 29.2 Å². The SMILES string of the molecule is O=C(Nc1ccc(F)c(F)c1F)n1cccn1. The van der Waals surface area contributed by atoms with E-state index in [2.05, 4.69) is 10.4 Å². The molecule has 0 atom stereocenters. The van der Waals surface area contributed by atoms with Gasteiger partial charge in [-0.25, -0.2) is 18.0 Å². The van der Waals surface area contributed by atoms with Crippen molar-refractivity contribution in [3.8, 4) is 0 Å². The minimum absolute atomic E-state index is 0.454. The summed E-state index contributed by atoms with van der Waals surface area (Å²) in [6.07, 6.45) is 2.67. The lowest BCUT2D eigenvalue weighted by Gasteiger charge is -2.06. The molecule has 17 heavy (non-hydrogen) atoms. The van der Waals surface area contributed by atoms with Crippen molar-refractivity contribution in [2.24, 2.45) is 0 Å². The summed E-state index contributed by atoms with van der Waals surface area (Å²) in [6.45, 7) is 0. The third kappa shape index (κ3) is 2.12. The average molecular weight is 241 g/mol. The molecule has 0 radical (unpaired) electrons. The van der Waals surface area contributed by atoms with Crippen molar-refractivity contribution in [3.05, 3.63) is 48.0 Å². The summed E-state index contributed by atoms with van der Waals surface area (Å²) in [5, 5.41) is 5.66. The molecule has 4 nitrogen and oxygen atoms in total. The Morgan fingerprint density at radius 1 is 1.24 bits per heavy atom. The van der Waals surface area contributed by atoms with Crippen LogP contribution in [0.5, 0.6) is 0 Å². The van der Waals surface area contributed by atoms with Gasteiger partial charge in [-0.3, -0.25) is 0 Å². The van der Waals surface area contributed by atoms with E-state index in [1.165, 1.54) is 18.5 Å². The Kier molecular flexibility index (Phi) is 2.82. The highest BCUT2D eigenvalue weighted by molar-refractivity contribution is 5.90. The Bertz CT molecular complexity index is 554. The third-order valence-corrected chi connectivity index (χ3v) is 1.99. The number of benzene rings is 1. The molecule has 88 valence electrons. The molecular weight excluding hydrogens is 235 g/mol. The lowest BCUT2D eigenvalue weighted by atomic mass is 10.3. The number of aromatic nitrogens is 2. The van der Waals surface area contributed by atoms with Gasteiger partial charge in [-0.15, -0.1) is 0 Å². The third-order valence-electron chi connectivity index (χ3n) is 1.99. The van der Waals surface area contributed by atoms with E-state index in [0.717, 1.165) is 16.8 Å². The molecule has 0 fully saturated rings. The molecule has 1 aromatic carbocycles. The summed E-state index contributed by atoms with van der Waals surface area (Å²) in [6, 6.07) is 2.35. The molecule has 0 saturated carbocycles. The second kappa shape index (κ2) is 4.28. The van der Waals surface area contributed by atoms with Crippen LogP contribution in [0.15, 0.2) is 30.6 Å². The second-order valence-corrected chi connectivity index (χ2v) is 3.10. The number of hydrogen-bond donors (Lipinski definition) is 1. The van der Waals surface area contributed by atoms with Crippen LogP contribution in [0.3, 0.4) is 0 Å². The molecule has 1 heterocycles. The van der Waals surface area contributed by atoms with Crippen molar-refractivity contribution in [1.29, 1.82) is 0 Å². The highest BCUT2D eigenvalue weighted by Gasteiger charge is 2.15. The fraction of sp³-hybridized carbons (Fsp3) is 0. The molecule has 0 saturated heterocycles. The topological polar surface area (TPSA) is 46.9 Å². The van der Waals surface area contributed by atoms with Gasteiger partial charge in [0, 0.05) is 12.4 Å². The van der Waals surface area contributed by atoms with Gasteiger partial charge in [0.05, 0.1) is 5.69 Å². The molecule has 0 aliphatic carbocycles. The normalized spacial score (nSPS) is 10.3. The molecule has 0 spiro atoms. The maximum Gasteiger partial charge on any atom is 0.346 e. The first-order valence-electron chi connectivity index (χ1n) is 4.54. The molecule has 7 heteroatoms. The zero-order valence-corrected chi connectivity index (χ0v) is 8.32. The number of rotatable bonds is 1. The first-order valence-corrected chi connectivity index (χ1v) is 4.54. The number of anilines is 1. The minimum atomic E-state index is -1.64. The van der Waals surface area contributed by atoms with Crippen molar-refractivity contribution in [2.75, 3.05) is 5.32 Å². The Balaban J connectivity index is 2.25. The number of amides is 1. The van der Waals surface area contributed by atoms with E-state index in [0.29, 0.717) is 0 Å². The monoisotopic (exact) mass is 241 g/mol. The molecule has 1 aromatic heterocycles. The summed E-state index contributed by atoms with van der Waals surface area (Å²) in [5.74, 6) is -4.41. The first-order chi connectivity index (χ1) is 8.09. The zero-order chi connectivity index (χ0) is 12.4. The standard InChI is InChI=1S/C10H6F3N3O/c11-6-2-3-7(9(13)8(6)12)15-10(17)16-5-1-4-14-16/h1-5H,(H,15,17). The molecule has 0 aliphatic heterocycles. The van der Waals surface area contributed by atoms with Crippen LogP contribution in [0.25, 0.3) is 0 Å². The van der Waals surface area contributed by atoms with E-state index in [-0.39, 0.29) is 0 Å². The Morgan fingerprint density at radius 2 is 2.00 bits per heavy atom. The molecule has 1 N–H and O–H groups in total. The summed E-state index contributed by atoms with van der Waals surface area (Å²) >= 11 is 0. The molecule has 2 aromatic rings. The molecule has 0 unspecified atom stereocenters. The number of halogens is 3. The van der Waals surface area contributed by atoms with E-state index in [1.54, 1.807) is 0 Å². The zero-order valence-electron chi connectivity index (χ0n) is 8.32. The van der Waals surface area contributed by atoms with E-state index in [1.807, 2.05) is 0 Å². The number of nitrogens with zero attached hydrogens (tertiary/aromatic N) is 2. The lowest BCUT2D eigenvalue weighted by molar-refractivity contribution is 0.250. The van der Waals surface area contributed by atoms with Crippen LogP contribution in [-0.4, -0.2) is 15.8 Å². The van der Waals surface area contributed by atoms with Gasteiger partial charge in [-0.05, 0) is 18.2 Å². The van der Waals surface area contributed by atoms with Crippen molar-refractivity contribution in [3.63, 3.8) is 0 Å². The van der Waals surface area contributed by atoms with Crippen LogP contribution in [0.1, 0.15) is 0 Å². The average Bonchev–Trinajstić information content (AvgIpc) is 2.83. The summed E-state index contributed by atoms with van der Waals surface area (Å²) in [7, 11) is 0. The van der Waals surface area contributed by atoms with Crippen molar-refractivity contribution in [2.45, 2.75) is 0 Å². The van der Waals surface area contributed by atoms with Crippen LogP contribution in [0.4, 0.5) is 23.7 Å². The van der Waals surface area contributed by atoms with Gasteiger partial charge in [0.15, 0.2) is 17.5 Å². The van der Waals surface area contributed by atoms with Gasteiger partial charge in [-0.2, -0.15) is 9.78 Å². The van der Waals surface area contributed by atoms with Gasteiger partial charge in [0.1, 0.15) is 0 Å². The predicted octanol–water partition coefficient (Wildman–Crippen LogP) is 2.38. The van der Waals surface area contributed by atoms with E-state index >= 15 is 0 Å². The summed E-state index contributed by atoms with van der Waals surface area (Å²) in [4.78, 5) is 11.4. The first kappa shape index (κ1) is 11.2. The fourth-order valence-electron chi connectivity index (χ4n) is 1.18. The van der Waals surface area contributed by atoms with Crippen LogP contribution < -0.4 is 5.32 Å². The molecule has 2 rings (SSSR count). The Hall–Kier alpha value is -2.31. The second-order valence-electron chi connectivity index (χ2n) is 3.10. The molecule has 0 aliphatic rings. The lowest BCUT2D eigenvalue weighted by Crippen LogP contribution is -2.20. The van der Waals surface area contributed by atoms with Gasteiger partial charge < -0.3 is 5.32 Å². The van der Waals surface area contributed by atoms with Crippen LogP contribution in [0, 0.1) is 17.5 Å². The van der Waals surface area contributed by atoms with E-state index in [9.17, 15) is 18.0 Å². The number of carbonyl (C=O) groups excluding carboxylic acids is 1. The van der Waals surface area contributed by atoms with Gasteiger partial charge in [-0.1, -0.05) is 0 Å². The van der Waals surface area contributed by atoms with Gasteiger partial charge in [0.2, 0.25) is 0 Å². The van der Waals surface area contributed by atoms with Crippen molar-refractivity contribution in [1.82, 2.24) is 9.78 Å². The Labute approximate surface area is 93.7 Å².